The molecule has 1 N–H and O–H groups in total. The first kappa shape index (κ1) is 22.9. The Morgan fingerprint density at radius 3 is 2.41 bits per heavy atom. The lowest BCUT2D eigenvalue weighted by Gasteiger charge is -2.23. The zero-order chi connectivity index (χ0) is 21.4. The highest BCUT2D eigenvalue weighted by atomic mass is 35.5. The van der Waals surface area contributed by atoms with Crippen LogP contribution in [0, 0.1) is 11.6 Å². The van der Waals surface area contributed by atoms with Crippen LogP contribution in [0.3, 0.4) is 0 Å². The van der Waals surface area contributed by atoms with Crippen LogP contribution < -0.4 is 14.4 Å². The van der Waals surface area contributed by atoms with Gasteiger partial charge < -0.3 is 10.1 Å². The molecule has 0 spiro atoms. The van der Waals surface area contributed by atoms with Crippen LogP contribution in [0.25, 0.3) is 0 Å². The number of rotatable bonds is 10. The number of amides is 1. The van der Waals surface area contributed by atoms with Crippen LogP contribution in [0.5, 0.6) is 5.75 Å². The Morgan fingerprint density at radius 1 is 1.14 bits per heavy atom. The SMILES string of the molecule is CS(=O)(=O)N(CCCC(=O)NCCOc1ccccc1Cl)c1c(F)cccc1F. The van der Waals surface area contributed by atoms with E-state index < -0.39 is 27.3 Å². The number of ether oxygens (including phenoxy) is 1. The highest BCUT2D eigenvalue weighted by molar-refractivity contribution is 7.92. The van der Waals surface area contributed by atoms with E-state index in [0.717, 1.165) is 24.5 Å². The number of halogens is 3. The van der Waals surface area contributed by atoms with E-state index >= 15 is 0 Å². The first-order chi connectivity index (χ1) is 13.7. The maximum atomic E-state index is 13.9. The van der Waals surface area contributed by atoms with Gasteiger partial charge in [0.05, 0.1) is 17.8 Å². The molecule has 0 saturated heterocycles. The van der Waals surface area contributed by atoms with E-state index in [2.05, 4.69) is 5.32 Å². The van der Waals surface area contributed by atoms with E-state index in [-0.39, 0.29) is 38.4 Å². The second kappa shape index (κ2) is 10.4. The molecule has 1 amide bonds. The first-order valence-electron chi connectivity index (χ1n) is 8.76. The molecule has 0 atom stereocenters. The highest BCUT2D eigenvalue weighted by Crippen LogP contribution is 2.26. The van der Waals surface area contributed by atoms with Crippen LogP contribution in [0.1, 0.15) is 12.8 Å². The molecule has 10 heteroatoms. The average Bonchev–Trinajstić information content (AvgIpc) is 2.64. The van der Waals surface area contributed by atoms with Crippen molar-refractivity contribution in [2.75, 3.05) is 30.3 Å². The lowest BCUT2D eigenvalue weighted by molar-refractivity contribution is -0.121. The Morgan fingerprint density at radius 2 is 1.79 bits per heavy atom. The smallest absolute Gasteiger partial charge is 0.232 e. The van der Waals surface area contributed by atoms with Gasteiger partial charge in [0.2, 0.25) is 15.9 Å². The molecule has 0 fully saturated rings. The second-order valence-corrected chi connectivity index (χ2v) is 8.45. The fraction of sp³-hybridized carbons (Fsp3) is 0.316. The van der Waals surface area contributed by atoms with Crippen LogP contribution in [0.2, 0.25) is 5.02 Å². The van der Waals surface area contributed by atoms with Gasteiger partial charge in [0.25, 0.3) is 0 Å². The number of hydrogen-bond donors (Lipinski definition) is 1. The van der Waals surface area contributed by atoms with Gasteiger partial charge in [-0.3, -0.25) is 9.10 Å². The first-order valence-corrected chi connectivity index (χ1v) is 11.0. The third kappa shape index (κ3) is 6.86. The van der Waals surface area contributed by atoms with Gasteiger partial charge in [0.15, 0.2) is 11.6 Å². The molecule has 0 unspecified atom stereocenters. The number of benzene rings is 2. The standard InChI is InChI=1S/C19H21ClF2N2O4S/c1-29(26,27)24(19-15(21)7-4-8-16(19)22)12-5-10-18(25)23-11-13-28-17-9-3-2-6-14(17)20/h2-4,6-9H,5,10-13H2,1H3,(H,23,25). The summed E-state index contributed by atoms with van der Waals surface area (Å²) in [6.07, 6.45) is 0.914. The summed E-state index contributed by atoms with van der Waals surface area (Å²) in [6.45, 7) is 0.188. The predicted molar refractivity (Wildman–Crippen MR) is 108 cm³/mol. The number of carbonyl (C=O) groups is 1. The molecule has 2 aromatic carbocycles. The number of hydrogen-bond acceptors (Lipinski definition) is 4. The Kier molecular flexibility index (Phi) is 8.21. The van der Waals surface area contributed by atoms with E-state index in [9.17, 15) is 22.0 Å². The summed E-state index contributed by atoms with van der Waals surface area (Å²) in [6, 6.07) is 10.0. The van der Waals surface area contributed by atoms with E-state index in [4.69, 9.17) is 16.3 Å². The Balaban J connectivity index is 1.82. The zero-order valence-corrected chi connectivity index (χ0v) is 17.3. The van der Waals surface area contributed by atoms with Crippen molar-refractivity contribution >= 4 is 33.2 Å². The molecule has 0 saturated carbocycles. The summed E-state index contributed by atoms with van der Waals surface area (Å²) < 4.78 is 57.9. The molecule has 0 aliphatic carbocycles. The molecule has 2 aromatic rings. The molecule has 0 aliphatic rings. The Labute approximate surface area is 173 Å². The molecule has 29 heavy (non-hydrogen) atoms. The fourth-order valence-electron chi connectivity index (χ4n) is 2.56. The number of para-hydroxylation sites is 2. The van der Waals surface area contributed by atoms with Crippen molar-refractivity contribution in [3.63, 3.8) is 0 Å². The number of anilines is 1. The van der Waals surface area contributed by atoms with Crippen molar-refractivity contribution in [2.24, 2.45) is 0 Å². The van der Waals surface area contributed by atoms with Crippen LogP contribution in [0.4, 0.5) is 14.5 Å². The Bertz CT molecular complexity index is 937. The van der Waals surface area contributed by atoms with E-state index in [1.165, 1.54) is 0 Å². The summed E-state index contributed by atoms with van der Waals surface area (Å²) in [5, 5.41) is 3.08. The normalized spacial score (nSPS) is 11.2. The monoisotopic (exact) mass is 446 g/mol. The minimum atomic E-state index is -3.93. The molecule has 0 bridgehead atoms. The van der Waals surface area contributed by atoms with Gasteiger partial charge in [-0.15, -0.1) is 0 Å². The summed E-state index contributed by atoms with van der Waals surface area (Å²) in [4.78, 5) is 11.9. The molecular formula is C19H21ClF2N2O4S. The van der Waals surface area contributed by atoms with Crippen LogP contribution in [-0.4, -0.2) is 40.3 Å². The number of carbonyl (C=O) groups excluding carboxylic acids is 1. The van der Waals surface area contributed by atoms with Gasteiger partial charge >= 0.3 is 0 Å². The van der Waals surface area contributed by atoms with E-state index in [1.807, 2.05) is 0 Å². The largest absolute Gasteiger partial charge is 0.490 e. The second-order valence-electron chi connectivity index (χ2n) is 6.14. The topological polar surface area (TPSA) is 75.7 Å². The average molecular weight is 447 g/mol. The lowest BCUT2D eigenvalue weighted by atomic mass is 10.2. The molecule has 158 valence electrons. The van der Waals surface area contributed by atoms with Crippen molar-refractivity contribution in [1.29, 1.82) is 0 Å². The summed E-state index contributed by atoms with van der Waals surface area (Å²) >= 11 is 5.95. The molecule has 0 aliphatic heterocycles. The maximum absolute atomic E-state index is 13.9. The predicted octanol–water partition coefficient (Wildman–Crippen LogP) is 3.36. The zero-order valence-electron chi connectivity index (χ0n) is 15.7. The van der Waals surface area contributed by atoms with Crippen LogP contribution in [0.15, 0.2) is 42.5 Å². The molecule has 0 aromatic heterocycles. The number of nitrogens with one attached hydrogen (secondary N) is 1. The summed E-state index contributed by atoms with van der Waals surface area (Å²) in [5.74, 6) is -1.82. The van der Waals surface area contributed by atoms with Crippen LogP contribution in [-0.2, 0) is 14.8 Å². The molecule has 0 heterocycles. The van der Waals surface area contributed by atoms with Gasteiger partial charge in [-0.05, 0) is 30.7 Å². The molecule has 2 rings (SSSR count). The van der Waals surface area contributed by atoms with Gasteiger partial charge in [-0.2, -0.15) is 0 Å². The fourth-order valence-corrected chi connectivity index (χ4v) is 3.71. The van der Waals surface area contributed by atoms with Gasteiger partial charge in [0, 0.05) is 13.0 Å². The summed E-state index contributed by atoms with van der Waals surface area (Å²) in [7, 11) is -3.93. The minimum Gasteiger partial charge on any atom is -0.490 e. The quantitative estimate of drug-likeness (QED) is 0.568. The lowest BCUT2D eigenvalue weighted by Crippen LogP contribution is -2.34. The van der Waals surface area contributed by atoms with Crippen molar-refractivity contribution in [3.05, 3.63) is 59.1 Å². The molecule has 6 nitrogen and oxygen atoms in total. The molecule has 0 radical (unpaired) electrons. The summed E-state index contributed by atoms with van der Waals surface area (Å²) in [5.41, 5.74) is -0.649. The van der Waals surface area contributed by atoms with Gasteiger partial charge in [0.1, 0.15) is 18.0 Å². The number of sulfonamides is 1. The Hall–Kier alpha value is -2.39. The maximum Gasteiger partial charge on any atom is 0.232 e. The van der Waals surface area contributed by atoms with E-state index in [1.54, 1.807) is 24.3 Å². The minimum absolute atomic E-state index is 0.0197. The molecular weight excluding hydrogens is 426 g/mol. The van der Waals surface area contributed by atoms with Crippen molar-refractivity contribution in [1.82, 2.24) is 5.32 Å². The van der Waals surface area contributed by atoms with Gasteiger partial charge in [-0.25, -0.2) is 17.2 Å². The van der Waals surface area contributed by atoms with Crippen LogP contribution >= 0.6 is 11.6 Å². The van der Waals surface area contributed by atoms with Crippen molar-refractivity contribution < 1.29 is 26.7 Å². The number of nitrogens with zero attached hydrogens (tertiary/aromatic N) is 1. The van der Waals surface area contributed by atoms with Gasteiger partial charge in [-0.1, -0.05) is 29.8 Å². The highest BCUT2D eigenvalue weighted by Gasteiger charge is 2.24. The third-order valence-electron chi connectivity index (χ3n) is 3.87. The van der Waals surface area contributed by atoms with Crippen molar-refractivity contribution in [3.8, 4) is 5.75 Å². The third-order valence-corrected chi connectivity index (χ3v) is 5.35. The van der Waals surface area contributed by atoms with E-state index in [0.29, 0.717) is 15.1 Å². The van der Waals surface area contributed by atoms with Crippen molar-refractivity contribution in [2.45, 2.75) is 12.8 Å².